The van der Waals surface area contributed by atoms with Crippen LogP contribution in [0.1, 0.15) is 5.56 Å². The van der Waals surface area contributed by atoms with Gasteiger partial charge in [-0.15, -0.1) is 0 Å². The van der Waals surface area contributed by atoms with Crippen LogP contribution in [0.2, 0.25) is 0 Å². The molecule has 3 nitrogen and oxygen atoms in total. The molecule has 0 aliphatic heterocycles. The number of nitrogens with zero attached hydrogens (tertiary/aromatic N) is 2. The van der Waals surface area contributed by atoms with Gasteiger partial charge < -0.3 is 5.11 Å². The highest BCUT2D eigenvalue weighted by molar-refractivity contribution is 5.91. The van der Waals surface area contributed by atoms with Gasteiger partial charge in [0.15, 0.2) is 6.10 Å². The van der Waals surface area contributed by atoms with Crippen LogP contribution in [0, 0.1) is 22.7 Å². The monoisotopic (exact) mass is 234 g/mol. The second kappa shape index (κ2) is 5.14. The lowest BCUT2D eigenvalue weighted by molar-refractivity contribution is 0.271. The normalized spacial score (nSPS) is 12.7. The summed E-state index contributed by atoms with van der Waals surface area (Å²) in [4.78, 5) is 0. The first-order valence-electron chi connectivity index (χ1n) is 5.43. The van der Waals surface area contributed by atoms with Crippen molar-refractivity contribution in [3.63, 3.8) is 0 Å². The lowest BCUT2D eigenvalue weighted by Crippen LogP contribution is -2.04. The number of hydrogen-bond acceptors (Lipinski definition) is 3. The Bertz CT molecular complexity index is 684. The average Bonchev–Trinajstić information content (AvgIpc) is 2.44. The largest absolute Gasteiger partial charge is 0.373 e. The maximum Gasteiger partial charge on any atom is 0.175 e. The van der Waals surface area contributed by atoms with Crippen LogP contribution in [0.5, 0.6) is 0 Å². The van der Waals surface area contributed by atoms with Gasteiger partial charge in [0.2, 0.25) is 0 Å². The quantitative estimate of drug-likeness (QED) is 0.641. The van der Waals surface area contributed by atoms with Crippen LogP contribution < -0.4 is 0 Å². The Morgan fingerprint density at radius 2 is 1.83 bits per heavy atom. The summed E-state index contributed by atoms with van der Waals surface area (Å²) in [6.07, 6.45) is 0.171. The molecule has 0 fully saturated rings. The number of benzene rings is 2. The van der Waals surface area contributed by atoms with Gasteiger partial charge in [0, 0.05) is 0 Å². The molecule has 2 aromatic rings. The first-order valence-corrected chi connectivity index (χ1v) is 5.43. The van der Waals surface area contributed by atoms with E-state index in [0.29, 0.717) is 0 Å². The molecule has 86 valence electrons. The molecule has 0 saturated heterocycles. The highest BCUT2D eigenvalue weighted by Crippen LogP contribution is 2.21. The molecule has 0 amide bonds. The first-order chi connectivity index (χ1) is 8.76. The van der Waals surface area contributed by atoms with Crippen molar-refractivity contribution in [2.24, 2.45) is 0 Å². The lowest BCUT2D eigenvalue weighted by atomic mass is 10.0. The fourth-order valence-corrected chi connectivity index (χ4v) is 1.79. The van der Waals surface area contributed by atoms with Gasteiger partial charge in [0.25, 0.3) is 0 Å². The van der Waals surface area contributed by atoms with Crippen LogP contribution in [0.15, 0.2) is 48.0 Å². The van der Waals surface area contributed by atoms with Crippen LogP contribution in [0.3, 0.4) is 0 Å². The van der Waals surface area contributed by atoms with Crippen molar-refractivity contribution in [2.45, 2.75) is 6.10 Å². The molecular formula is C15H10N2O. The Balaban J connectivity index is 2.59. The third-order valence-electron chi connectivity index (χ3n) is 2.68. The number of aliphatic hydroxyl groups is 1. The number of rotatable bonds is 2. The van der Waals surface area contributed by atoms with Gasteiger partial charge in [-0.25, -0.2) is 0 Å². The van der Waals surface area contributed by atoms with Crippen molar-refractivity contribution in [3.8, 4) is 12.1 Å². The summed E-state index contributed by atoms with van der Waals surface area (Å²) in [5.74, 6) is 0. The Hall–Kier alpha value is -2.62. The predicted molar refractivity (Wildman–Crippen MR) is 69.2 cm³/mol. The van der Waals surface area contributed by atoms with Crippen molar-refractivity contribution in [1.82, 2.24) is 0 Å². The maximum atomic E-state index is 9.40. The minimum atomic E-state index is -1.38. The molecule has 0 aliphatic carbocycles. The van der Waals surface area contributed by atoms with E-state index in [4.69, 9.17) is 10.5 Å². The van der Waals surface area contributed by atoms with E-state index in [-0.39, 0.29) is 5.57 Å². The van der Waals surface area contributed by atoms with Gasteiger partial charge in [-0.1, -0.05) is 42.5 Å². The van der Waals surface area contributed by atoms with Crippen molar-refractivity contribution in [2.75, 3.05) is 0 Å². The van der Waals surface area contributed by atoms with E-state index in [0.717, 1.165) is 16.3 Å². The van der Waals surface area contributed by atoms with Crippen molar-refractivity contribution >= 4 is 16.8 Å². The summed E-state index contributed by atoms with van der Waals surface area (Å²) in [5.41, 5.74) is 0.868. The minimum absolute atomic E-state index is 0.0499. The smallest absolute Gasteiger partial charge is 0.175 e. The topological polar surface area (TPSA) is 67.8 Å². The van der Waals surface area contributed by atoms with Gasteiger partial charge >= 0.3 is 0 Å². The van der Waals surface area contributed by atoms with Crippen LogP contribution in [-0.2, 0) is 0 Å². The molecule has 1 N–H and O–H groups in total. The van der Waals surface area contributed by atoms with Crippen LogP contribution in [0.25, 0.3) is 16.8 Å². The molecule has 3 heteroatoms. The summed E-state index contributed by atoms with van der Waals surface area (Å²) in [7, 11) is 0. The van der Waals surface area contributed by atoms with E-state index in [1.807, 2.05) is 48.5 Å². The fourth-order valence-electron chi connectivity index (χ4n) is 1.79. The fraction of sp³-hybridized carbons (Fsp3) is 0.0667. The number of hydrogen-bond donors (Lipinski definition) is 1. The third kappa shape index (κ3) is 2.22. The van der Waals surface area contributed by atoms with Crippen LogP contribution >= 0.6 is 0 Å². The van der Waals surface area contributed by atoms with E-state index in [1.54, 1.807) is 12.1 Å². The molecule has 0 aromatic heterocycles. The maximum absolute atomic E-state index is 9.40. The number of nitriles is 2. The summed E-state index contributed by atoms with van der Waals surface area (Å²) < 4.78 is 0. The predicted octanol–water partition coefficient (Wildman–Crippen LogP) is 2.63. The summed E-state index contributed by atoms with van der Waals surface area (Å²) in [6.45, 7) is 0. The van der Waals surface area contributed by atoms with E-state index in [1.165, 1.54) is 0 Å². The Labute approximate surface area is 105 Å². The Kier molecular flexibility index (Phi) is 3.38. The summed E-state index contributed by atoms with van der Waals surface area (Å²) in [5, 5.41) is 29.0. The molecule has 1 unspecified atom stereocenters. The molecular weight excluding hydrogens is 224 g/mol. The average molecular weight is 234 g/mol. The molecule has 0 heterocycles. The first kappa shape index (κ1) is 11.9. The van der Waals surface area contributed by atoms with Gasteiger partial charge in [-0.05, 0) is 22.4 Å². The molecule has 0 saturated carbocycles. The minimum Gasteiger partial charge on any atom is -0.373 e. The molecule has 0 bridgehead atoms. The molecule has 0 spiro atoms. The van der Waals surface area contributed by atoms with Crippen molar-refractivity contribution < 1.29 is 5.11 Å². The van der Waals surface area contributed by atoms with Crippen molar-refractivity contribution in [3.05, 3.63) is 53.6 Å². The molecule has 0 radical (unpaired) electrons. The van der Waals surface area contributed by atoms with Crippen molar-refractivity contribution in [1.29, 1.82) is 10.5 Å². The zero-order valence-corrected chi connectivity index (χ0v) is 9.54. The molecule has 1 atom stereocenters. The standard InChI is InChI=1S/C15H10N2O/c16-9-13(15(18)10-17)8-12-6-3-5-11-4-1-2-7-14(11)12/h1-8,15,18H. The van der Waals surface area contributed by atoms with Gasteiger partial charge in [-0.3, -0.25) is 0 Å². The van der Waals surface area contributed by atoms with E-state index in [9.17, 15) is 5.11 Å². The second-order valence-corrected chi connectivity index (χ2v) is 3.81. The zero-order valence-electron chi connectivity index (χ0n) is 9.54. The third-order valence-corrected chi connectivity index (χ3v) is 2.68. The lowest BCUT2D eigenvalue weighted by Gasteiger charge is -2.04. The highest BCUT2D eigenvalue weighted by atomic mass is 16.3. The van der Waals surface area contributed by atoms with E-state index in [2.05, 4.69) is 0 Å². The molecule has 2 aromatic carbocycles. The summed E-state index contributed by atoms with van der Waals surface area (Å²) in [6, 6.07) is 17.0. The zero-order chi connectivity index (χ0) is 13.0. The van der Waals surface area contributed by atoms with Gasteiger partial charge in [0.1, 0.15) is 0 Å². The second-order valence-electron chi connectivity index (χ2n) is 3.81. The van der Waals surface area contributed by atoms with Crippen LogP contribution in [-0.4, -0.2) is 11.2 Å². The van der Waals surface area contributed by atoms with Gasteiger partial charge in [-0.2, -0.15) is 10.5 Å². The number of aliphatic hydroxyl groups excluding tert-OH is 1. The van der Waals surface area contributed by atoms with Gasteiger partial charge in [0.05, 0.1) is 17.7 Å². The molecule has 0 aliphatic rings. The Morgan fingerprint density at radius 3 is 2.56 bits per heavy atom. The molecule has 2 rings (SSSR count). The molecule has 18 heavy (non-hydrogen) atoms. The van der Waals surface area contributed by atoms with E-state index >= 15 is 0 Å². The SMILES string of the molecule is N#CC(=Cc1cccc2ccccc12)C(O)C#N. The van der Waals surface area contributed by atoms with E-state index < -0.39 is 6.10 Å². The Morgan fingerprint density at radius 1 is 1.11 bits per heavy atom. The van der Waals surface area contributed by atoms with Crippen LogP contribution in [0.4, 0.5) is 0 Å². The summed E-state index contributed by atoms with van der Waals surface area (Å²) >= 11 is 0. The highest BCUT2D eigenvalue weighted by Gasteiger charge is 2.09. The number of fused-ring (bicyclic) bond motifs is 1.